The lowest BCUT2D eigenvalue weighted by atomic mass is 10.2. The van der Waals surface area contributed by atoms with Crippen molar-refractivity contribution in [2.45, 2.75) is 33.0 Å². The number of ether oxygens (including phenoxy) is 1. The quantitative estimate of drug-likeness (QED) is 0.827. The van der Waals surface area contributed by atoms with Crippen LogP contribution >= 0.6 is 0 Å². The summed E-state index contributed by atoms with van der Waals surface area (Å²) in [6.45, 7) is 4.72. The molecule has 2 aromatic heterocycles. The number of hydrogen-bond acceptors (Lipinski definition) is 4. The van der Waals surface area contributed by atoms with Crippen LogP contribution in [0.1, 0.15) is 24.6 Å². The highest BCUT2D eigenvalue weighted by Gasteiger charge is 2.02. The van der Waals surface area contributed by atoms with E-state index in [2.05, 4.69) is 28.4 Å². The van der Waals surface area contributed by atoms with Crippen molar-refractivity contribution < 1.29 is 4.74 Å². The van der Waals surface area contributed by atoms with Crippen molar-refractivity contribution in [1.29, 1.82) is 0 Å². The predicted octanol–water partition coefficient (Wildman–Crippen LogP) is 1.99. The molecule has 2 heterocycles. The van der Waals surface area contributed by atoms with Crippen LogP contribution in [0.15, 0.2) is 30.6 Å². The van der Waals surface area contributed by atoms with Gasteiger partial charge in [0.15, 0.2) is 0 Å². The second-order valence-electron chi connectivity index (χ2n) is 4.36. The molecule has 0 saturated carbocycles. The smallest absolute Gasteiger partial charge is 0.213 e. The monoisotopic (exact) mass is 260 g/mol. The van der Waals surface area contributed by atoms with Gasteiger partial charge in [0, 0.05) is 38.1 Å². The van der Waals surface area contributed by atoms with Gasteiger partial charge >= 0.3 is 0 Å². The van der Waals surface area contributed by atoms with Gasteiger partial charge in [-0.25, -0.2) is 4.98 Å². The Morgan fingerprint density at radius 2 is 2.16 bits per heavy atom. The van der Waals surface area contributed by atoms with Crippen LogP contribution in [0.3, 0.4) is 0 Å². The summed E-state index contributed by atoms with van der Waals surface area (Å²) in [7, 11) is 1.63. The molecule has 5 heteroatoms. The lowest BCUT2D eigenvalue weighted by Crippen LogP contribution is -2.16. The highest BCUT2D eigenvalue weighted by molar-refractivity contribution is 5.20. The first kappa shape index (κ1) is 13.5. The highest BCUT2D eigenvalue weighted by atomic mass is 16.5. The molecule has 0 aliphatic carbocycles. The molecule has 0 bridgehead atoms. The number of nitrogens with one attached hydrogen (secondary N) is 1. The number of aryl methyl sites for hydroxylation is 1. The van der Waals surface area contributed by atoms with E-state index >= 15 is 0 Å². The lowest BCUT2D eigenvalue weighted by Gasteiger charge is -2.08. The molecule has 0 spiro atoms. The van der Waals surface area contributed by atoms with Crippen molar-refractivity contribution in [2.75, 3.05) is 7.11 Å². The van der Waals surface area contributed by atoms with Gasteiger partial charge in [0.05, 0.1) is 12.8 Å². The molecule has 0 aromatic carbocycles. The fraction of sp³-hybridized carbons (Fsp3) is 0.429. The summed E-state index contributed by atoms with van der Waals surface area (Å²) in [4.78, 5) is 4.09. The van der Waals surface area contributed by atoms with E-state index in [9.17, 15) is 0 Å². The lowest BCUT2D eigenvalue weighted by molar-refractivity contribution is 0.397. The minimum Gasteiger partial charge on any atom is -0.481 e. The minimum atomic E-state index is 0.648. The van der Waals surface area contributed by atoms with Gasteiger partial charge in [0.25, 0.3) is 0 Å². The fourth-order valence-electron chi connectivity index (χ4n) is 1.93. The molecule has 2 rings (SSSR count). The van der Waals surface area contributed by atoms with Crippen LogP contribution in [0, 0.1) is 0 Å². The van der Waals surface area contributed by atoms with Gasteiger partial charge in [-0.2, -0.15) is 5.10 Å². The van der Waals surface area contributed by atoms with E-state index in [4.69, 9.17) is 4.74 Å². The van der Waals surface area contributed by atoms with E-state index in [0.29, 0.717) is 5.88 Å². The average Bonchev–Trinajstić information content (AvgIpc) is 2.87. The third-order valence-electron chi connectivity index (χ3n) is 2.88. The van der Waals surface area contributed by atoms with Crippen LogP contribution in [-0.2, 0) is 19.6 Å². The molecule has 0 fully saturated rings. The van der Waals surface area contributed by atoms with Gasteiger partial charge in [-0.15, -0.1) is 0 Å². The number of nitrogens with zero attached hydrogens (tertiary/aromatic N) is 3. The van der Waals surface area contributed by atoms with Crippen LogP contribution in [0.25, 0.3) is 0 Å². The van der Waals surface area contributed by atoms with Gasteiger partial charge in [-0.3, -0.25) is 4.68 Å². The van der Waals surface area contributed by atoms with Gasteiger partial charge in [-0.05, 0) is 24.1 Å². The number of rotatable bonds is 7. The Morgan fingerprint density at radius 1 is 1.26 bits per heavy atom. The number of hydrogen-bond donors (Lipinski definition) is 1. The van der Waals surface area contributed by atoms with Crippen LogP contribution < -0.4 is 10.1 Å². The minimum absolute atomic E-state index is 0.648. The molecule has 2 aromatic rings. The molecular weight excluding hydrogens is 240 g/mol. The van der Waals surface area contributed by atoms with E-state index in [0.717, 1.165) is 31.6 Å². The number of methoxy groups -OCH3 is 1. The van der Waals surface area contributed by atoms with Gasteiger partial charge in [0.2, 0.25) is 5.88 Å². The molecule has 0 aliphatic rings. The molecule has 0 aliphatic heterocycles. The summed E-state index contributed by atoms with van der Waals surface area (Å²) in [6, 6.07) is 5.98. The molecule has 0 amide bonds. The van der Waals surface area contributed by atoms with Gasteiger partial charge in [0.1, 0.15) is 0 Å². The first-order chi connectivity index (χ1) is 9.33. The SMILES string of the molecule is CCCn1nccc1CNCc1ccnc(OC)c1. The second kappa shape index (κ2) is 6.89. The van der Waals surface area contributed by atoms with Crippen LogP contribution in [0.5, 0.6) is 5.88 Å². The maximum absolute atomic E-state index is 5.11. The fourth-order valence-corrected chi connectivity index (χ4v) is 1.93. The molecular formula is C14H20N4O. The molecule has 1 N–H and O–H groups in total. The van der Waals surface area contributed by atoms with E-state index in [-0.39, 0.29) is 0 Å². The van der Waals surface area contributed by atoms with Crippen LogP contribution in [-0.4, -0.2) is 21.9 Å². The third kappa shape index (κ3) is 3.79. The number of aromatic nitrogens is 3. The van der Waals surface area contributed by atoms with Crippen molar-refractivity contribution >= 4 is 0 Å². The molecule has 5 nitrogen and oxygen atoms in total. The summed E-state index contributed by atoms with van der Waals surface area (Å²) < 4.78 is 7.15. The topological polar surface area (TPSA) is 52.0 Å². The van der Waals surface area contributed by atoms with E-state index in [1.807, 2.05) is 23.0 Å². The highest BCUT2D eigenvalue weighted by Crippen LogP contribution is 2.08. The van der Waals surface area contributed by atoms with Gasteiger partial charge < -0.3 is 10.1 Å². The third-order valence-corrected chi connectivity index (χ3v) is 2.88. The molecule has 0 atom stereocenters. The van der Waals surface area contributed by atoms with E-state index in [1.54, 1.807) is 13.3 Å². The summed E-state index contributed by atoms with van der Waals surface area (Å²) in [5, 5.41) is 7.72. The Morgan fingerprint density at radius 3 is 2.95 bits per heavy atom. The summed E-state index contributed by atoms with van der Waals surface area (Å²) >= 11 is 0. The summed E-state index contributed by atoms with van der Waals surface area (Å²) in [5.41, 5.74) is 2.37. The Bertz CT molecular complexity index is 510. The zero-order valence-electron chi connectivity index (χ0n) is 11.5. The first-order valence-electron chi connectivity index (χ1n) is 6.53. The largest absolute Gasteiger partial charge is 0.481 e. The summed E-state index contributed by atoms with van der Waals surface area (Å²) in [5.74, 6) is 0.648. The molecule has 0 radical (unpaired) electrons. The molecule has 0 unspecified atom stereocenters. The van der Waals surface area contributed by atoms with Crippen molar-refractivity contribution in [3.05, 3.63) is 41.9 Å². The van der Waals surface area contributed by atoms with Crippen molar-refractivity contribution in [3.63, 3.8) is 0 Å². The molecule has 102 valence electrons. The Labute approximate surface area is 113 Å². The van der Waals surface area contributed by atoms with Gasteiger partial charge in [-0.1, -0.05) is 6.92 Å². The normalized spacial score (nSPS) is 10.6. The Kier molecular flexibility index (Phi) is 4.92. The summed E-state index contributed by atoms with van der Waals surface area (Å²) in [6.07, 6.45) is 4.70. The van der Waals surface area contributed by atoms with Crippen LogP contribution in [0.2, 0.25) is 0 Å². The number of pyridine rings is 1. The second-order valence-corrected chi connectivity index (χ2v) is 4.36. The molecule has 0 saturated heterocycles. The Hall–Kier alpha value is -1.88. The van der Waals surface area contributed by atoms with Crippen molar-refractivity contribution in [2.24, 2.45) is 0 Å². The predicted molar refractivity (Wildman–Crippen MR) is 73.9 cm³/mol. The maximum Gasteiger partial charge on any atom is 0.213 e. The van der Waals surface area contributed by atoms with E-state index in [1.165, 1.54) is 5.69 Å². The van der Waals surface area contributed by atoms with Crippen molar-refractivity contribution in [1.82, 2.24) is 20.1 Å². The first-order valence-corrected chi connectivity index (χ1v) is 6.53. The zero-order chi connectivity index (χ0) is 13.5. The van der Waals surface area contributed by atoms with Crippen molar-refractivity contribution in [3.8, 4) is 5.88 Å². The standard InChI is InChI=1S/C14H20N4O/c1-3-8-18-13(5-7-17-18)11-15-10-12-4-6-16-14(9-12)19-2/h4-7,9,15H,3,8,10-11H2,1-2H3. The van der Waals surface area contributed by atoms with Crippen LogP contribution in [0.4, 0.5) is 0 Å². The maximum atomic E-state index is 5.11. The molecule has 19 heavy (non-hydrogen) atoms. The zero-order valence-corrected chi connectivity index (χ0v) is 11.5. The Balaban J connectivity index is 1.87. The van der Waals surface area contributed by atoms with E-state index < -0.39 is 0 Å². The average molecular weight is 260 g/mol.